The van der Waals surface area contributed by atoms with Crippen molar-refractivity contribution >= 4 is 11.9 Å². The van der Waals surface area contributed by atoms with Gasteiger partial charge in [0.25, 0.3) is 0 Å². The maximum absolute atomic E-state index is 11.0. The number of hydrogen-bond donors (Lipinski definition) is 1. The highest BCUT2D eigenvalue weighted by Crippen LogP contribution is 2.11. The molecular weight excluding hydrogens is 174 g/mol. The summed E-state index contributed by atoms with van der Waals surface area (Å²) in [5, 5.41) is 0. The molecule has 0 aliphatic heterocycles. The maximum atomic E-state index is 11.0. The van der Waals surface area contributed by atoms with Crippen molar-refractivity contribution in [2.75, 3.05) is 7.11 Å². The number of carbonyl (C=O) groups excluding carboxylic acids is 2. The minimum Gasteiger partial charge on any atom is -0.468 e. The van der Waals surface area contributed by atoms with Gasteiger partial charge >= 0.3 is 11.9 Å². The van der Waals surface area contributed by atoms with Crippen LogP contribution in [0.2, 0.25) is 0 Å². The predicted molar refractivity (Wildman–Crippen MR) is 45.3 cm³/mol. The zero-order chi connectivity index (χ0) is 10.3. The summed E-state index contributed by atoms with van der Waals surface area (Å²) in [4.78, 5) is 26.0. The number of ether oxygens (including phenoxy) is 1. The molecule has 0 unspecified atom stereocenters. The lowest BCUT2D eigenvalue weighted by atomic mass is 10.0. The molecule has 0 aromatic heterocycles. The summed E-state index contributed by atoms with van der Waals surface area (Å²) in [6, 6.07) is 0. The van der Waals surface area contributed by atoms with E-state index in [0.717, 1.165) is 12.8 Å². The standard InChI is InChI=1S/C8H15NO4/c1-3-4-5-6(7(10)12-2)8(11)13-9/h6H,3-5,9H2,1-2H3/t6-/m0/s1. The molecule has 0 saturated heterocycles. The largest absolute Gasteiger partial charge is 0.468 e. The smallest absolute Gasteiger partial charge is 0.338 e. The maximum Gasteiger partial charge on any atom is 0.338 e. The fraction of sp³-hybridized carbons (Fsp3) is 0.750. The average molecular weight is 189 g/mol. The van der Waals surface area contributed by atoms with Crippen LogP contribution < -0.4 is 5.90 Å². The molecule has 0 saturated carbocycles. The molecule has 0 bridgehead atoms. The molecule has 0 rings (SSSR count). The number of rotatable bonds is 5. The summed E-state index contributed by atoms with van der Waals surface area (Å²) in [6.07, 6.45) is 2.07. The van der Waals surface area contributed by atoms with E-state index in [1.54, 1.807) is 0 Å². The minimum atomic E-state index is -0.880. The highest BCUT2D eigenvalue weighted by molar-refractivity contribution is 5.94. The van der Waals surface area contributed by atoms with E-state index in [9.17, 15) is 9.59 Å². The van der Waals surface area contributed by atoms with Crippen LogP contribution in [0.4, 0.5) is 0 Å². The number of hydrogen-bond acceptors (Lipinski definition) is 5. The van der Waals surface area contributed by atoms with Crippen molar-refractivity contribution in [3.63, 3.8) is 0 Å². The summed E-state index contributed by atoms with van der Waals surface area (Å²) in [5.41, 5.74) is 0. The number of esters is 1. The number of methoxy groups -OCH3 is 1. The van der Waals surface area contributed by atoms with Gasteiger partial charge in [-0.25, -0.2) is 4.79 Å². The molecule has 0 aliphatic rings. The van der Waals surface area contributed by atoms with Crippen LogP contribution in [0, 0.1) is 5.92 Å². The molecule has 0 aromatic rings. The van der Waals surface area contributed by atoms with E-state index >= 15 is 0 Å². The molecule has 13 heavy (non-hydrogen) atoms. The third-order valence-corrected chi connectivity index (χ3v) is 1.73. The number of carbonyl (C=O) groups is 2. The summed E-state index contributed by atoms with van der Waals surface area (Å²) in [7, 11) is 1.23. The third-order valence-electron chi connectivity index (χ3n) is 1.73. The Hall–Kier alpha value is -1.10. The van der Waals surface area contributed by atoms with Crippen molar-refractivity contribution in [2.24, 2.45) is 11.8 Å². The Labute approximate surface area is 77.1 Å². The lowest BCUT2D eigenvalue weighted by Crippen LogP contribution is -2.29. The van der Waals surface area contributed by atoms with Gasteiger partial charge in [0.2, 0.25) is 0 Å². The van der Waals surface area contributed by atoms with E-state index in [4.69, 9.17) is 0 Å². The van der Waals surface area contributed by atoms with E-state index < -0.39 is 17.9 Å². The zero-order valence-electron chi connectivity index (χ0n) is 7.91. The van der Waals surface area contributed by atoms with Gasteiger partial charge in [0.15, 0.2) is 5.92 Å². The van der Waals surface area contributed by atoms with Gasteiger partial charge < -0.3 is 9.57 Å². The molecule has 5 nitrogen and oxygen atoms in total. The van der Waals surface area contributed by atoms with Crippen LogP contribution in [0.5, 0.6) is 0 Å². The first-order valence-electron chi connectivity index (χ1n) is 4.15. The predicted octanol–water partition coefficient (Wildman–Crippen LogP) is 0.383. The second kappa shape index (κ2) is 6.42. The molecule has 0 spiro atoms. The van der Waals surface area contributed by atoms with Crippen molar-refractivity contribution in [1.82, 2.24) is 0 Å². The minimum absolute atomic E-state index is 0.416. The first-order chi connectivity index (χ1) is 6.17. The van der Waals surface area contributed by atoms with Gasteiger partial charge in [-0.3, -0.25) is 4.79 Å². The third kappa shape index (κ3) is 3.89. The lowest BCUT2D eigenvalue weighted by Gasteiger charge is -2.10. The van der Waals surface area contributed by atoms with Gasteiger partial charge in [-0.05, 0) is 6.42 Å². The Morgan fingerprint density at radius 2 is 2.00 bits per heavy atom. The van der Waals surface area contributed by atoms with Gasteiger partial charge in [-0.15, -0.1) is 0 Å². The molecule has 0 aliphatic carbocycles. The normalized spacial score (nSPS) is 11.9. The van der Waals surface area contributed by atoms with E-state index in [2.05, 4.69) is 15.5 Å². The highest BCUT2D eigenvalue weighted by atomic mass is 16.7. The summed E-state index contributed by atoms with van der Waals surface area (Å²) < 4.78 is 4.44. The van der Waals surface area contributed by atoms with Crippen LogP contribution in [-0.2, 0) is 19.2 Å². The van der Waals surface area contributed by atoms with Crippen molar-refractivity contribution in [1.29, 1.82) is 0 Å². The van der Waals surface area contributed by atoms with Crippen molar-refractivity contribution in [3.05, 3.63) is 0 Å². The van der Waals surface area contributed by atoms with Crippen LogP contribution in [-0.4, -0.2) is 19.0 Å². The molecule has 0 fully saturated rings. The molecule has 0 radical (unpaired) electrons. The summed E-state index contributed by atoms with van der Waals surface area (Å²) >= 11 is 0. The van der Waals surface area contributed by atoms with Gasteiger partial charge in [-0.2, -0.15) is 5.90 Å². The van der Waals surface area contributed by atoms with E-state index in [1.807, 2.05) is 6.92 Å². The molecule has 1 atom stereocenters. The van der Waals surface area contributed by atoms with Gasteiger partial charge in [0.05, 0.1) is 7.11 Å². The van der Waals surface area contributed by atoms with E-state index in [0.29, 0.717) is 6.42 Å². The zero-order valence-corrected chi connectivity index (χ0v) is 7.91. The molecule has 76 valence electrons. The Kier molecular flexibility index (Phi) is 5.88. The summed E-state index contributed by atoms with van der Waals surface area (Å²) in [6.45, 7) is 1.96. The SMILES string of the molecule is CCCC[C@@H](C(=O)OC)C(=O)ON. The fourth-order valence-corrected chi connectivity index (χ4v) is 0.965. The Morgan fingerprint density at radius 3 is 2.38 bits per heavy atom. The van der Waals surface area contributed by atoms with Crippen LogP contribution in [0.1, 0.15) is 26.2 Å². The second-order valence-electron chi connectivity index (χ2n) is 2.65. The van der Waals surface area contributed by atoms with Crippen LogP contribution >= 0.6 is 0 Å². The summed E-state index contributed by atoms with van der Waals surface area (Å²) in [5.74, 6) is 2.47. The first kappa shape index (κ1) is 11.9. The first-order valence-corrected chi connectivity index (χ1v) is 4.15. The van der Waals surface area contributed by atoms with Crippen molar-refractivity contribution in [3.8, 4) is 0 Å². The van der Waals surface area contributed by atoms with Crippen molar-refractivity contribution < 1.29 is 19.2 Å². The number of nitrogens with two attached hydrogens (primary N) is 1. The van der Waals surface area contributed by atoms with Gasteiger partial charge in [0, 0.05) is 0 Å². The quantitative estimate of drug-likeness (QED) is 0.384. The van der Waals surface area contributed by atoms with E-state index in [-0.39, 0.29) is 0 Å². The fourth-order valence-electron chi connectivity index (χ4n) is 0.965. The average Bonchev–Trinajstić information content (AvgIpc) is 2.17. The molecular formula is C8H15NO4. The van der Waals surface area contributed by atoms with Crippen LogP contribution in [0.25, 0.3) is 0 Å². The monoisotopic (exact) mass is 189 g/mol. The molecule has 0 heterocycles. The van der Waals surface area contributed by atoms with Crippen LogP contribution in [0.3, 0.4) is 0 Å². The molecule has 5 heteroatoms. The lowest BCUT2D eigenvalue weighted by molar-refractivity contribution is -0.161. The highest BCUT2D eigenvalue weighted by Gasteiger charge is 2.28. The van der Waals surface area contributed by atoms with Gasteiger partial charge in [0.1, 0.15) is 0 Å². The Bertz CT molecular complexity index is 165. The number of unbranched alkanes of at least 4 members (excludes halogenated alkanes) is 1. The molecule has 2 N–H and O–H groups in total. The van der Waals surface area contributed by atoms with Crippen LogP contribution in [0.15, 0.2) is 0 Å². The Balaban J connectivity index is 4.18. The molecule has 0 amide bonds. The van der Waals surface area contributed by atoms with Crippen molar-refractivity contribution in [2.45, 2.75) is 26.2 Å². The van der Waals surface area contributed by atoms with Gasteiger partial charge in [-0.1, -0.05) is 19.8 Å². The topological polar surface area (TPSA) is 78.6 Å². The molecule has 0 aromatic carbocycles. The van der Waals surface area contributed by atoms with E-state index in [1.165, 1.54) is 7.11 Å². The Morgan fingerprint density at radius 1 is 1.38 bits per heavy atom. The second-order valence-corrected chi connectivity index (χ2v) is 2.65.